The third-order valence-corrected chi connectivity index (χ3v) is 7.49. The summed E-state index contributed by atoms with van der Waals surface area (Å²) in [6.07, 6.45) is 1.34. The van der Waals surface area contributed by atoms with Crippen LogP contribution in [0.15, 0.2) is 36.4 Å². The highest BCUT2D eigenvalue weighted by molar-refractivity contribution is 7.92. The number of sulfonamides is 1. The maximum atomic E-state index is 13.7. The van der Waals surface area contributed by atoms with Crippen LogP contribution in [0.1, 0.15) is 38.3 Å². The standard InChI is InChI=1S/C25H32Cl3N3O4S/c1-6-22(25(33)29-13-16(2)3)30(14-18-8-10-19(26)11-21(18)28)24(32)15-31(36(5,34)35)23-12-20(27)9-7-17(23)4/h7-12,16,22H,6,13-15H2,1-5H3,(H,29,33)/t22-/m1/s1. The van der Waals surface area contributed by atoms with Gasteiger partial charge in [-0.15, -0.1) is 0 Å². The summed E-state index contributed by atoms with van der Waals surface area (Å²) in [6, 6.07) is 8.85. The monoisotopic (exact) mass is 575 g/mol. The molecule has 0 bridgehead atoms. The number of hydrogen-bond acceptors (Lipinski definition) is 4. The Balaban J connectivity index is 2.50. The summed E-state index contributed by atoms with van der Waals surface area (Å²) in [6.45, 7) is 7.38. The summed E-state index contributed by atoms with van der Waals surface area (Å²) >= 11 is 18.5. The SMILES string of the molecule is CC[C@H](C(=O)NCC(C)C)N(Cc1ccc(Cl)cc1Cl)C(=O)CN(c1cc(Cl)ccc1C)S(C)(=O)=O. The van der Waals surface area contributed by atoms with Crippen molar-refractivity contribution in [3.63, 3.8) is 0 Å². The Kier molecular flexibility index (Phi) is 10.9. The van der Waals surface area contributed by atoms with Gasteiger partial charge >= 0.3 is 0 Å². The second-order valence-electron chi connectivity index (χ2n) is 9.02. The zero-order valence-corrected chi connectivity index (χ0v) is 24.1. The van der Waals surface area contributed by atoms with Crippen molar-refractivity contribution in [1.29, 1.82) is 0 Å². The van der Waals surface area contributed by atoms with Crippen LogP contribution in [0.25, 0.3) is 0 Å². The molecule has 0 aliphatic heterocycles. The number of benzene rings is 2. The van der Waals surface area contributed by atoms with Crippen molar-refractivity contribution in [1.82, 2.24) is 10.2 Å². The van der Waals surface area contributed by atoms with Crippen molar-refractivity contribution in [2.24, 2.45) is 5.92 Å². The molecule has 1 N–H and O–H groups in total. The van der Waals surface area contributed by atoms with Gasteiger partial charge in [0.1, 0.15) is 12.6 Å². The second-order valence-corrected chi connectivity index (χ2v) is 12.2. The van der Waals surface area contributed by atoms with Gasteiger partial charge in [-0.05, 0) is 54.7 Å². The summed E-state index contributed by atoms with van der Waals surface area (Å²) in [5.41, 5.74) is 1.50. The minimum Gasteiger partial charge on any atom is -0.354 e. The Morgan fingerprint density at radius 1 is 1.03 bits per heavy atom. The van der Waals surface area contributed by atoms with Crippen molar-refractivity contribution in [3.8, 4) is 0 Å². The topological polar surface area (TPSA) is 86.8 Å². The van der Waals surface area contributed by atoms with Crippen LogP contribution in [0.5, 0.6) is 0 Å². The molecular weight excluding hydrogens is 545 g/mol. The first-order valence-electron chi connectivity index (χ1n) is 11.5. The van der Waals surface area contributed by atoms with Crippen molar-refractivity contribution in [2.75, 3.05) is 23.7 Å². The highest BCUT2D eigenvalue weighted by Gasteiger charge is 2.32. The molecule has 0 saturated heterocycles. The number of amides is 2. The molecule has 2 amide bonds. The third kappa shape index (κ3) is 8.26. The summed E-state index contributed by atoms with van der Waals surface area (Å²) in [7, 11) is -3.86. The molecule has 0 fully saturated rings. The molecule has 7 nitrogen and oxygen atoms in total. The Bertz CT molecular complexity index is 1210. The lowest BCUT2D eigenvalue weighted by molar-refractivity contribution is -0.140. The number of nitrogens with zero attached hydrogens (tertiary/aromatic N) is 2. The van der Waals surface area contributed by atoms with E-state index in [1.54, 1.807) is 44.2 Å². The van der Waals surface area contributed by atoms with E-state index >= 15 is 0 Å². The van der Waals surface area contributed by atoms with Crippen LogP contribution in [-0.4, -0.2) is 50.5 Å². The van der Waals surface area contributed by atoms with Gasteiger partial charge in [-0.25, -0.2) is 8.42 Å². The first-order valence-corrected chi connectivity index (χ1v) is 14.5. The number of aryl methyl sites for hydroxylation is 1. The van der Waals surface area contributed by atoms with Gasteiger partial charge in [0.25, 0.3) is 0 Å². The van der Waals surface area contributed by atoms with Gasteiger partial charge < -0.3 is 10.2 Å². The smallest absolute Gasteiger partial charge is 0.244 e. The molecule has 0 aliphatic rings. The van der Waals surface area contributed by atoms with Gasteiger partial charge in [-0.3, -0.25) is 13.9 Å². The molecule has 0 spiro atoms. The maximum absolute atomic E-state index is 13.7. The van der Waals surface area contributed by atoms with Crippen LogP contribution >= 0.6 is 34.8 Å². The van der Waals surface area contributed by atoms with E-state index < -0.39 is 28.5 Å². The molecule has 0 radical (unpaired) electrons. The molecule has 36 heavy (non-hydrogen) atoms. The zero-order chi connectivity index (χ0) is 27.2. The molecule has 2 rings (SSSR count). The molecule has 0 aromatic heterocycles. The number of anilines is 1. The number of halogens is 3. The van der Waals surface area contributed by atoms with E-state index in [4.69, 9.17) is 34.8 Å². The summed E-state index contributed by atoms with van der Waals surface area (Å²) in [5.74, 6) is -0.667. The number of carbonyl (C=O) groups is 2. The molecule has 2 aromatic carbocycles. The van der Waals surface area contributed by atoms with Crippen LogP contribution in [0.2, 0.25) is 15.1 Å². The molecule has 0 unspecified atom stereocenters. The minimum atomic E-state index is -3.86. The Morgan fingerprint density at radius 3 is 2.19 bits per heavy atom. The van der Waals surface area contributed by atoms with Crippen LogP contribution in [-0.2, 0) is 26.2 Å². The molecule has 0 aliphatic carbocycles. The normalized spacial score (nSPS) is 12.4. The molecule has 0 heterocycles. The van der Waals surface area contributed by atoms with E-state index in [2.05, 4.69) is 5.32 Å². The highest BCUT2D eigenvalue weighted by atomic mass is 35.5. The van der Waals surface area contributed by atoms with E-state index in [-0.39, 0.29) is 18.4 Å². The molecule has 2 aromatic rings. The fourth-order valence-corrected chi connectivity index (χ4v) is 5.15. The van der Waals surface area contributed by atoms with Crippen molar-refractivity contribution < 1.29 is 18.0 Å². The molecular formula is C25H32Cl3N3O4S. The van der Waals surface area contributed by atoms with E-state index in [9.17, 15) is 18.0 Å². The first-order chi connectivity index (χ1) is 16.7. The van der Waals surface area contributed by atoms with E-state index in [1.807, 2.05) is 13.8 Å². The average Bonchev–Trinajstić information content (AvgIpc) is 2.78. The van der Waals surface area contributed by atoms with E-state index in [0.29, 0.717) is 44.8 Å². The van der Waals surface area contributed by atoms with Gasteiger partial charge in [0, 0.05) is 28.2 Å². The molecule has 11 heteroatoms. The summed E-state index contributed by atoms with van der Waals surface area (Å²) in [5, 5.41) is 3.98. The van der Waals surface area contributed by atoms with Gasteiger partial charge in [-0.1, -0.05) is 67.7 Å². The van der Waals surface area contributed by atoms with Crippen molar-refractivity contribution in [2.45, 2.75) is 46.7 Å². The number of carbonyl (C=O) groups excluding carboxylic acids is 2. The quantitative estimate of drug-likeness (QED) is 0.393. The first kappa shape index (κ1) is 30.2. The van der Waals surface area contributed by atoms with Crippen LogP contribution in [0.3, 0.4) is 0 Å². The van der Waals surface area contributed by atoms with Crippen molar-refractivity contribution in [3.05, 3.63) is 62.6 Å². The fourth-order valence-electron chi connectivity index (χ4n) is 3.62. The predicted molar refractivity (Wildman–Crippen MR) is 147 cm³/mol. The highest BCUT2D eigenvalue weighted by Crippen LogP contribution is 2.28. The minimum absolute atomic E-state index is 0.00539. The van der Waals surface area contributed by atoms with Gasteiger partial charge in [0.15, 0.2) is 0 Å². The summed E-state index contributed by atoms with van der Waals surface area (Å²) < 4.78 is 26.5. The number of rotatable bonds is 11. The van der Waals surface area contributed by atoms with E-state index in [1.165, 1.54) is 11.0 Å². The molecule has 198 valence electrons. The fraction of sp³-hybridized carbons (Fsp3) is 0.440. The predicted octanol–water partition coefficient (Wildman–Crippen LogP) is 5.30. The van der Waals surface area contributed by atoms with Crippen LogP contribution in [0, 0.1) is 12.8 Å². The summed E-state index contributed by atoms with van der Waals surface area (Å²) in [4.78, 5) is 28.2. The second kappa shape index (κ2) is 13.0. The van der Waals surface area contributed by atoms with Crippen molar-refractivity contribution >= 4 is 62.3 Å². The molecule has 1 atom stereocenters. The lowest BCUT2D eigenvalue weighted by atomic mass is 10.1. The zero-order valence-electron chi connectivity index (χ0n) is 21.0. The number of hydrogen-bond donors (Lipinski definition) is 1. The van der Waals surface area contributed by atoms with E-state index in [0.717, 1.165) is 10.6 Å². The maximum Gasteiger partial charge on any atom is 0.244 e. The number of nitrogens with one attached hydrogen (secondary N) is 1. The Morgan fingerprint density at radius 2 is 1.64 bits per heavy atom. The average molecular weight is 577 g/mol. The Hall–Kier alpha value is -2.00. The lowest BCUT2D eigenvalue weighted by Crippen LogP contribution is -2.52. The van der Waals surface area contributed by atoms with Gasteiger partial charge in [0.05, 0.1) is 11.9 Å². The van der Waals surface area contributed by atoms with Crippen LogP contribution < -0.4 is 9.62 Å². The van der Waals surface area contributed by atoms with Crippen LogP contribution in [0.4, 0.5) is 5.69 Å². The third-order valence-electron chi connectivity index (χ3n) is 5.55. The van der Waals surface area contributed by atoms with Gasteiger partial charge in [0.2, 0.25) is 21.8 Å². The molecule has 0 saturated carbocycles. The van der Waals surface area contributed by atoms with Gasteiger partial charge in [-0.2, -0.15) is 0 Å². The Labute approximate surface area is 228 Å². The largest absolute Gasteiger partial charge is 0.354 e. The lowest BCUT2D eigenvalue weighted by Gasteiger charge is -2.33.